The van der Waals surface area contributed by atoms with Crippen LogP contribution in [0.15, 0.2) is 59.6 Å². The second-order valence-electron chi connectivity index (χ2n) is 6.74. The maximum Gasteiger partial charge on any atom is 0.237 e. The van der Waals surface area contributed by atoms with Crippen LogP contribution in [0.25, 0.3) is 10.9 Å². The van der Waals surface area contributed by atoms with E-state index in [1.165, 1.54) is 24.2 Å². The summed E-state index contributed by atoms with van der Waals surface area (Å²) in [6.07, 6.45) is 3.17. The van der Waals surface area contributed by atoms with Crippen molar-refractivity contribution in [3.05, 3.63) is 54.7 Å². The van der Waals surface area contributed by atoms with E-state index < -0.39 is 0 Å². The monoisotopic (exact) mass is 395 g/mol. The molecule has 1 aromatic heterocycles. The Morgan fingerprint density at radius 2 is 1.75 bits per heavy atom. The van der Waals surface area contributed by atoms with Gasteiger partial charge in [-0.2, -0.15) is 0 Å². The van der Waals surface area contributed by atoms with E-state index in [-0.39, 0.29) is 17.1 Å². The topological polar surface area (TPSA) is 63.1 Å². The number of carbonyl (C=O) groups is 2. The number of carbonyl (C=O) groups excluding carboxylic acids is 2. The van der Waals surface area contributed by atoms with Gasteiger partial charge in [0.2, 0.25) is 11.8 Å². The molecule has 0 aliphatic carbocycles. The molecule has 6 heteroatoms. The molecule has 146 valence electrons. The predicted octanol–water partition coefficient (Wildman–Crippen LogP) is 5.13. The van der Waals surface area contributed by atoms with Gasteiger partial charge in [0.25, 0.3) is 0 Å². The second-order valence-corrected chi connectivity index (χ2v) is 8.15. The normalized spacial score (nSPS) is 12.0. The van der Waals surface area contributed by atoms with Crippen molar-refractivity contribution < 1.29 is 9.59 Å². The molecule has 0 radical (unpaired) electrons. The average molecular weight is 396 g/mol. The molecule has 28 heavy (non-hydrogen) atoms. The fourth-order valence-electron chi connectivity index (χ4n) is 3.04. The predicted molar refractivity (Wildman–Crippen MR) is 117 cm³/mol. The molecule has 2 aromatic carbocycles. The van der Waals surface area contributed by atoms with Crippen molar-refractivity contribution in [3.8, 4) is 0 Å². The van der Waals surface area contributed by atoms with Gasteiger partial charge in [-0.25, -0.2) is 0 Å². The van der Waals surface area contributed by atoms with Crippen LogP contribution in [0.1, 0.15) is 27.2 Å². The highest BCUT2D eigenvalue weighted by Gasteiger charge is 2.15. The lowest BCUT2D eigenvalue weighted by Crippen LogP contribution is -2.22. The molecule has 2 N–H and O–H groups in total. The van der Waals surface area contributed by atoms with Gasteiger partial charge in [0, 0.05) is 46.8 Å². The molecule has 0 fully saturated rings. The van der Waals surface area contributed by atoms with Crippen LogP contribution >= 0.6 is 11.8 Å². The van der Waals surface area contributed by atoms with Crippen LogP contribution in [0.3, 0.4) is 0 Å². The summed E-state index contributed by atoms with van der Waals surface area (Å²) in [5, 5.41) is 6.62. The average Bonchev–Trinajstić information content (AvgIpc) is 3.05. The zero-order valence-electron chi connectivity index (χ0n) is 16.4. The Kier molecular flexibility index (Phi) is 6.41. The van der Waals surface area contributed by atoms with Crippen LogP contribution in [-0.2, 0) is 16.1 Å². The molecule has 0 saturated heterocycles. The molecule has 0 bridgehead atoms. The van der Waals surface area contributed by atoms with Gasteiger partial charge in [-0.1, -0.05) is 6.92 Å². The summed E-state index contributed by atoms with van der Waals surface area (Å²) in [5.41, 5.74) is 2.74. The Hall–Kier alpha value is -2.73. The third-order valence-electron chi connectivity index (χ3n) is 4.36. The number of amides is 2. The largest absolute Gasteiger partial charge is 0.347 e. The first kappa shape index (κ1) is 20.0. The smallest absolute Gasteiger partial charge is 0.237 e. The minimum Gasteiger partial charge on any atom is -0.347 e. The summed E-state index contributed by atoms with van der Waals surface area (Å²) in [5.74, 6) is -0.140. The first-order valence-corrected chi connectivity index (χ1v) is 10.3. The van der Waals surface area contributed by atoms with Crippen molar-refractivity contribution in [1.82, 2.24) is 4.57 Å². The standard InChI is InChI=1S/C22H25N3O2S/c1-4-12-25-13-11-17-14-19(7-10-21(17)25)24-22(27)15(2)28-20-8-5-18(6-9-20)23-16(3)26/h5-11,13-15H,4,12H2,1-3H3,(H,23,26)(H,24,27). The van der Waals surface area contributed by atoms with Crippen molar-refractivity contribution in [1.29, 1.82) is 0 Å². The van der Waals surface area contributed by atoms with E-state index in [2.05, 4.69) is 40.5 Å². The lowest BCUT2D eigenvalue weighted by molar-refractivity contribution is -0.115. The highest BCUT2D eigenvalue weighted by Crippen LogP contribution is 2.26. The van der Waals surface area contributed by atoms with E-state index >= 15 is 0 Å². The van der Waals surface area contributed by atoms with Crippen molar-refractivity contribution in [3.63, 3.8) is 0 Å². The van der Waals surface area contributed by atoms with E-state index in [1.54, 1.807) is 0 Å². The number of thioether (sulfide) groups is 1. The highest BCUT2D eigenvalue weighted by molar-refractivity contribution is 8.00. The molecule has 3 aromatic rings. The van der Waals surface area contributed by atoms with Gasteiger partial charge in [0.15, 0.2) is 0 Å². The first-order chi connectivity index (χ1) is 13.5. The van der Waals surface area contributed by atoms with Crippen molar-refractivity contribution in [2.24, 2.45) is 0 Å². The van der Waals surface area contributed by atoms with Gasteiger partial charge in [-0.05, 0) is 61.9 Å². The van der Waals surface area contributed by atoms with E-state index in [0.29, 0.717) is 0 Å². The Morgan fingerprint density at radius 1 is 1.04 bits per heavy atom. The van der Waals surface area contributed by atoms with Crippen LogP contribution in [-0.4, -0.2) is 21.6 Å². The Balaban J connectivity index is 1.62. The first-order valence-electron chi connectivity index (χ1n) is 9.40. The molecule has 0 spiro atoms. The van der Waals surface area contributed by atoms with Crippen LogP contribution < -0.4 is 10.6 Å². The van der Waals surface area contributed by atoms with E-state index in [9.17, 15) is 9.59 Å². The van der Waals surface area contributed by atoms with Gasteiger partial charge in [0.05, 0.1) is 5.25 Å². The summed E-state index contributed by atoms with van der Waals surface area (Å²) in [7, 11) is 0. The van der Waals surface area contributed by atoms with Gasteiger partial charge in [-0.3, -0.25) is 9.59 Å². The summed E-state index contributed by atoms with van der Waals surface area (Å²) >= 11 is 1.48. The molecule has 5 nitrogen and oxygen atoms in total. The summed E-state index contributed by atoms with van der Waals surface area (Å²) in [6, 6.07) is 15.6. The third kappa shape index (κ3) is 4.95. The summed E-state index contributed by atoms with van der Waals surface area (Å²) in [4.78, 5) is 24.6. The van der Waals surface area contributed by atoms with Crippen LogP contribution in [0.2, 0.25) is 0 Å². The Labute approximate surface area is 169 Å². The minimum atomic E-state index is -0.244. The molecule has 0 aliphatic heterocycles. The molecule has 0 saturated carbocycles. The molecule has 0 aliphatic rings. The van der Waals surface area contributed by atoms with Crippen molar-refractivity contribution in [2.45, 2.75) is 43.9 Å². The van der Waals surface area contributed by atoms with E-state index in [4.69, 9.17) is 0 Å². The number of anilines is 2. The molecule has 3 rings (SSSR count). The SMILES string of the molecule is CCCn1ccc2cc(NC(=O)C(C)Sc3ccc(NC(C)=O)cc3)ccc21. The van der Waals surface area contributed by atoms with Gasteiger partial charge in [-0.15, -0.1) is 11.8 Å². The van der Waals surface area contributed by atoms with Gasteiger partial charge in [0.1, 0.15) is 0 Å². The lowest BCUT2D eigenvalue weighted by Gasteiger charge is -2.13. The second kappa shape index (κ2) is 8.97. The summed E-state index contributed by atoms with van der Waals surface area (Å²) in [6.45, 7) is 6.51. The lowest BCUT2D eigenvalue weighted by atomic mass is 10.2. The number of nitrogens with zero attached hydrogens (tertiary/aromatic N) is 1. The van der Waals surface area contributed by atoms with Crippen molar-refractivity contribution in [2.75, 3.05) is 10.6 Å². The third-order valence-corrected chi connectivity index (χ3v) is 5.47. The van der Waals surface area contributed by atoms with E-state index in [0.717, 1.165) is 34.6 Å². The van der Waals surface area contributed by atoms with E-state index in [1.807, 2.05) is 43.3 Å². The number of aromatic nitrogens is 1. The molecule has 1 heterocycles. The molecule has 2 amide bonds. The zero-order chi connectivity index (χ0) is 20.1. The van der Waals surface area contributed by atoms with Crippen molar-refractivity contribution >= 4 is 45.9 Å². The summed E-state index contributed by atoms with van der Waals surface area (Å²) < 4.78 is 2.23. The number of benzene rings is 2. The fraction of sp³-hybridized carbons (Fsp3) is 0.273. The molecule has 1 atom stereocenters. The maximum atomic E-state index is 12.6. The maximum absolute atomic E-state index is 12.6. The number of fused-ring (bicyclic) bond motifs is 1. The molecule has 1 unspecified atom stereocenters. The number of nitrogens with one attached hydrogen (secondary N) is 2. The number of hydrogen-bond donors (Lipinski definition) is 2. The highest BCUT2D eigenvalue weighted by atomic mass is 32.2. The van der Waals surface area contributed by atoms with Gasteiger partial charge < -0.3 is 15.2 Å². The fourth-order valence-corrected chi connectivity index (χ4v) is 3.90. The van der Waals surface area contributed by atoms with Crippen LogP contribution in [0.4, 0.5) is 11.4 Å². The minimum absolute atomic E-state index is 0.0386. The Bertz CT molecular complexity index is 979. The number of aryl methyl sites for hydroxylation is 1. The number of hydrogen-bond acceptors (Lipinski definition) is 3. The molecular formula is C22H25N3O2S. The quantitative estimate of drug-likeness (QED) is 0.545. The zero-order valence-corrected chi connectivity index (χ0v) is 17.2. The number of rotatable bonds is 7. The van der Waals surface area contributed by atoms with Crippen LogP contribution in [0, 0.1) is 0 Å². The Morgan fingerprint density at radius 3 is 2.43 bits per heavy atom. The molecular weight excluding hydrogens is 370 g/mol. The van der Waals surface area contributed by atoms with Gasteiger partial charge >= 0.3 is 0 Å². The van der Waals surface area contributed by atoms with Crippen LogP contribution in [0.5, 0.6) is 0 Å².